The number of hydrogen-bond acceptors (Lipinski definition) is 6. The van der Waals surface area contributed by atoms with Crippen LogP contribution in [0.25, 0.3) is 0 Å². The molecule has 1 aliphatic rings. The van der Waals surface area contributed by atoms with Crippen molar-refractivity contribution in [1.82, 2.24) is 15.5 Å². The molecule has 1 aromatic heterocycles. The number of urea groups is 1. The van der Waals surface area contributed by atoms with Crippen molar-refractivity contribution in [2.75, 3.05) is 11.6 Å². The van der Waals surface area contributed by atoms with Crippen molar-refractivity contribution in [3.8, 4) is 0 Å². The van der Waals surface area contributed by atoms with Crippen LogP contribution in [0.15, 0.2) is 28.8 Å². The summed E-state index contributed by atoms with van der Waals surface area (Å²) in [6.45, 7) is 1.97. The van der Waals surface area contributed by atoms with E-state index in [0.717, 1.165) is 19.1 Å². The number of anilines is 1. The van der Waals surface area contributed by atoms with Crippen molar-refractivity contribution < 1.29 is 17.7 Å². The molecule has 9 heteroatoms. The van der Waals surface area contributed by atoms with Gasteiger partial charge < -0.3 is 9.84 Å². The van der Waals surface area contributed by atoms with Crippen LogP contribution < -0.4 is 10.6 Å². The van der Waals surface area contributed by atoms with Crippen LogP contribution in [-0.4, -0.2) is 36.4 Å². The second-order valence-corrected chi connectivity index (χ2v) is 8.49. The van der Waals surface area contributed by atoms with Crippen LogP contribution in [0.3, 0.4) is 0 Å². The summed E-state index contributed by atoms with van der Waals surface area (Å²) in [5.41, 5.74) is 2.03. The van der Waals surface area contributed by atoms with Gasteiger partial charge in [0.2, 0.25) is 0 Å². The number of amides is 2. The Bertz CT molecular complexity index is 850. The second kappa shape index (κ2) is 5.90. The summed E-state index contributed by atoms with van der Waals surface area (Å²) in [5.74, 6) is -0.334. The van der Waals surface area contributed by atoms with Crippen LogP contribution in [0.5, 0.6) is 0 Å². The smallest absolute Gasteiger partial charge is 0.329 e. The summed E-state index contributed by atoms with van der Waals surface area (Å²) in [4.78, 5) is 16.0. The molecule has 1 heterocycles. The monoisotopic (exact) mass is 350 g/mol. The minimum absolute atomic E-state index is 0.00674. The van der Waals surface area contributed by atoms with E-state index in [0.29, 0.717) is 0 Å². The summed E-state index contributed by atoms with van der Waals surface area (Å²) in [6.07, 6.45) is 2.54. The van der Waals surface area contributed by atoms with Crippen LogP contribution in [-0.2, 0) is 28.4 Å². The lowest BCUT2D eigenvalue weighted by Crippen LogP contribution is -2.48. The number of fused-ring (bicyclic) bond motifs is 1. The number of benzene rings is 1. The third-order valence-electron chi connectivity index (χ3n) is 3.77. The molecule has 2 aromatic rings. The van der Waals surface area contributed by atoms with Crippen LogP contribution in [0, 0.1) is 0 Å². The maximum atomic E-state index is 12.2. The van der Waals surface area contributed by atoms with E-state index in [9.17, 15) is 13.2 Å². The van der Waals surface area contributed by atoms with Gasteiger partial charge in [0.15, 0.2) is 15.7 Å². The van der Waals surface area contributed by atoms with E-state index < -0.39 is 21.4 Å². The molecule has 0 atom stereocenters. The first-order valence-electron chi connectivity index (χ1n) is 7.39. The lowest BCUT2D eigenvalue weighted by Gasteiger charge is -2.24. The molecule has 2 amide bonds. The van der Waals surface area contributed by atoms with Gasteiger partial charge in [0.1, 0.15) is 5.75 Å². The van der Waals surface area contributed by atoms with Crippen molar-refractivity contribution in [3.63, 3.8) is 0 Å². The highest BCUT2D eigenvalue weighted by Crippen LogP contribution is 2.29. The van der Waals surface area contributed by atoms with Gasteiger partial charge in [0.25, 0.3) is 0 Å². The van der Waals surface area contributed by atoms with Gasteiger partial charge in [-0.25, -0.2) is 13.2 Å². The minimum Gasteiger partial charge on any atom is -0.332 e. The SMILES string of the molecule is CC1(NC(=O)Nc2nc(CS(C)(=O)=O)no2)Cc2ccccc2C1. The highest BCUT2D eigenvalue weighted by molar-refractivity contribution is 7.89. The Balaban J connectivity index is 1.61. The summed E-state index contributed by atoms with van der Waals surface area (Å²) in [5, 5.41) is 8.88. The first kappa shape index (κ1) is 16.4. The van der Waals surface area contributed by atoms with Gasteiger partial charge in [-0.1, -0.05) is 29.4 Å². The summed E-state index contributed by atoms with van der Waals surface area (Å²) in [6, 6.07) is 7.45. The highest BCUT2D eigenvalue weighted by Gasteiger charge is 2.34. The molecular formula is C15H18N4O4S. The van der Waals surface area contributed by atoms with E-state index in [2.05, 4.69) is 32.9 Å². The van der Waals surface area contributed by atoms with E-state index in [4.69, 9.17) is 4.52 Å². The van der Waals surface area contributed by atoms with Crippen molar-refractivity contribution in [2.24, 2.45) is 0 Å². The molecule has 0 aliphatic heterocycles. The predicted molar refractivity (Wildman–Crippen MR) is 87.3 cm³/mol. The zero-order chi connectivity index (χ0) is 17.4. The molecule has 1 aliphatic carbocycles. The van der Waals surface area contributed by atoms with Crippen LogP contribution in [0.2, 0.25) is 0 Å². The predicted octanol–water partition coefficient (Wildman–Crippen LogP) is 1.29. The molecule has 0 fully saturated rings. The van der Waals surface area contributed by atoms with Crippen molar-refractivity contribution >= 4 is 21.9 Å². The molecule has 128 valence electrons. The third kappa shape index (κ3) is 3.91. The highest BCUT2D eigenvalue weighted by atomic mass is 32.2. The maximum Gasteiger partial charge on any atom is 0.329 e. The number of nitrogens with one attached hydrogen (secondary N) is 2. The number of sulfone groups is 1. The average Bonchev–Trinajstić information content (AvgIpc) is 2.99. The lowest BCUT2D eigenvalue weighted by atomic mass is 9.99. The number of rotatable bonds is 4. The molecule has 1 aromatic carbocycles. The number of carbonyl (C=O) groups excluding carboxylic acids is 1. The molecule has 0 unspecified atom stereocenters. The Kier molecular flexibility index (Phi) is 4.04. The standard InChI is InChI=1S/C15H18N4O4S/c1-15(7-10-5-3-4-6-11(10)8-15)18-13(20)17-14-16-12(19-23-14)9-24(2,21)22/h3-6H,7-9H2,1-2H3,(H2,16,17,18,19,20). The second-order valence-electron chi connectivity index (χ2n) is 6.35. The quantitative estimate of drug-likeness (QED) is 0.859. The third-order valence-corrected chi connectivity index (χ3v) is 4.56. The molecule has 0 bridgehead atoms. The van der Waals surface area contributed by atoms with E-state index in [1.807, 2.05) is 19.1 Å². The molecule has 3 rings (SSSR count). The summed E-state index contributed by atoms with van der Waals surface area (Å²) < 4.78 is 27.2. The normalized spacial score (nSPS) is 15.8. The van der Waals surface area contributed by atoms with Gasteiger partial charge in [0, 0.05) is 11.8 Å². The van der Waals surface area contributed by atoms with Crippen molar-refractivity contribution in [3.05, 3.63) is 41.2 Å². The number of carbonyl (C=O) groups is 1. The van der Waals surface area contributed by atoms with Gasteiger partial charge in [-0.2, -0.15) is 4.98 Å². The van der Waals surface area contributed by atoms with E-state index in [-0.39, 0.29) is 17.6 Å². The van der Waals surface area contributed by atoms with Crippen molar-refractivity contribution in [2.45, 2.75) is 31.1 Å². The fraction of sp³-hybridized carbons (Fsp3) is 0.400. The van der Waals surface area contributed by atoms with E-state index in [1.54, 1.807) is 0 Å². The van der Waals surface area contributed by atoms with E-state index in [1.165, 1.54) is 11.1 Å². The average molecular weight is 350 g/mol. The molecule has 0 saturated heterocycles. The number of hydrogen-bond donors (Lipinski definition) is 2. The Morgan fingerprint density at radius 2 is 1.92 bits per heavy atom. The fourth-order valence-electron chi connectivity index (χ4n) is 2.89. The first-order valence-corrected chi connectivity index (χ1v) is 9.45. The Morgan fingerprint density at radius 3 is 2.50 bits per heavy atom. The maximum absolute atomic E-state index is 12.2. The van der Waals surface area contributed by atoms with Gasteiger partial charge in [-0.15, -0.1) is 0 Å². The fourth-order valence-corrected chi connectivity index (χ4v) is 3.48. The number of nitrogens with zero attached hydrogens (tertiary/aromatic N) is 2. The molecule has 0 radical (unpaired) electrons. The van der Waals surface area contributed by atoms with Gasteiger partial charge >= 0.3 is 12.0 Å². The van der Waals surface area contributed by atoms with E-state index >= 15 is 0 Å². The zero-order valence-electron chi connectivity index (χ0n) is 13.4. The summed E-state index contributed by atoms with van der Waals surface area (Å²) in [7, 11) is -3.26. The lowest BCUT2D eigenvalue weighted by molar-refractivity contribution is 0.239. The van der Waals surface area contributed by atoms with Gasteiger partial charge in [0.05, 0.1) is 0 Å². The zero-order valence-corrected chi connectivity index (χ0v) is 14.2. The molecule has 0 spiro atoms. The van der Waals surface area contributed by atoms with Gasteiger partial charge in [-0.05, 0) is 30.9 Å². The summed E-state index contributed by atoms with van der Waals surface area (Å²) >= 11 is 0. The molecule has 0 saturated carbocycles. The molecule has 24 heavy (non-hydrogen) atoms. The number of aromatic nitrogens is 2. The van der Waals surface area contributed by atoms with Crippen LogP contribution in [0.1, 0.15) is 23.9 Å². The molecule has 8 nitrogen and oxygen atoms in total. The Hall–Kier alpha value is -2.42. The Morgan fingerprint density at radius 1 is 1.29 bits per heavy atom. The largest absolute Gasteiger partial charge is 0.332 e. The topological polar surface area (TPSA) is 114 Å². The van der Waals surface area contributed by atoms with Crippen LogP contribution in [0.4, 0.5) is 10.8 Å². The van der Waals surface area contributed by atoms with Crippen LogP contribution >= 0.6 is 0 Å². The van der Waals surface area contributed by atoms with Crippen molar-refractivity contribution in [1.29, 1.82) is 0 Å². The minimum atomic E-state index is -3.26. The Labute approximate surface area is 139 Å². The molecule has 2 N–H and O–H groups in total. The molecular weight excluding hydrogens is 332 g/mol. The van der Waals surface area contributed by atoms with Gasteiger partial charge in [-0.3, -0.25) is 5.32 Å². The first-order chi connectivity index (χ1) is 11.2.